The predicted octanol–water partition coefficient (Wildman–Crippen LogP) is 0.963. The van der Waals surface area contributed by atoms with Crippen molar-refractivity contribution < 1.29 is 9.59 Å². The van der Waals surface area contributed by atoms with E-state index in [0.717, 1.165) is 18.9 Å². The highest BCUT2D eigenvalue weighted by Crippen LogP contribution is 2.03. The molecule has 0 aromatic heterocycles. The van der Waals surface area contributed by atoms with Gasteiger partial charge < -0.3 is 5.73 Å². The average Bonchev–Trinajstić information content (AvgIpc) is 2.14. The summed E-state index contributed by atoms with van der Waals surface area (Å²) >= 11 is 0. The summed E-state index contributed by atoms with van der Waals surface area (Å²) in [5.41, 5.74) is 4.53. The number of Topliss-reactive ketones (excluding diaryl/α,β-unsaturated/α-hetero) is 1. The number of nitrogens with zero attached hydrogens (tertiary/aromatic N) is 1. The van der Waals surface area contributed by atoms with E-state index in [1.54, 1.807) is 6.92 Å². The van der Waals surface area contributed by atoms with Crippen LogP contribution in [0.3, 0.4) is 0 Å². The van der Waals surface area contributed by atoms with Crippen LogP contribution in [0.4, 0.5) is 0 Å². The van der Waals surface area contributed by atoms with Crippen LogP contribution in [0.2, 0.25) is 0 Å². The minimum atomic E-state index is -0.481. The quantitative estimate of drug-likeness (QED) is 0.693. The zero-order valence-corrected chi connectivity index (χ0v) is 10.1. The SMILES string of the molecule is C=CC(N)=O.CCCC(C(C)=O)N(C)C. The average molecular weight is 214 g/mol. The highest BCUT2D eigenvalue weighted by molar-refractivity contribution is 5.85. The van der Waals surface area contributed by atoms with Gasteiger partial charge in [-0.25, -0.2) is 0 Å². The Morgan fingerprint density at radius 1 is 1.47 bits per heavy atom. The van der Waals surface area contributed by atoms with E-state index in [9.17, 15) is 9.59 Å². The standard InChI is InChI=1S/C8H17NO.C3H5NO/c1-5-6-8(7(2)10)9(3)4;1-2-3(4)5/h8H,5-6H2,1-4H3;2H,1H2,(H2,4,5). The number of rotatable bonds is 5. The Balaban J connectivity index is 0. The molecule has 0 aromatic rings. The number of carbonyl (C=O) groups excluding carboxylic acids is 2. The number of hydrogen-bond acceptors (Lipinski definition) is 3. The number of nitrogens with two attached hydrogens (primary N) is 1. The summed E-state index contributed by atoms with van der Waals surface area (Å²) in [5.74, 6) is -0.211. The minimum absolute atomic E-state index is 0.130. The summed E-state index contributed by atoms with van der Waals surface area (Å²) in [4.78, 5) is 22.4. The van der Waals surface area contributed by atoms with Crippen LogP contribution >= 0.6 is 0 Å². The van der Waals surface area contributed by atoms with Crippen molar-refractivity contribution in [2.24, 2.45) is 5.73 Å². The molecule has 1 atom stereocenters. The van der Waals surface area contributed by atoms with Gasteiger partial charge in [-0.1, -0.05) is 19.9 Å². The second kappa shape index (κ2) is 9.40. The molecule has 0 spiro atoms. The first-order valence-corrected chi connectivity index (χ1v) is 4.95. The summed E-state index contributed by atoms with van der Waals surface area (Å²) in [6.07, 6.45) is 3.10. The number of hydrogen-bond donors (Lipinski definition) is 1. The van der Waals surface area contributed by atoms with Crippen LogP contribution in [0.15, 0.2) is 12.7 Å². The van der Waals surface area contributed by atoms with Crippen LogP contribution in [0.25, 0.3) is 0 Å². The Labute approximate surface area is 92.1 Å². The lowest BCUT2D eigenvalue weighted by Gasteiger charge is -2.20. The fourth-order valence-corrected chi connectivity index (χ4v) is 1.10. The van der Waals surface area contributed by atoms with Crippen molar-refractivity contribution in [3.63, 3.8) is 0 Å². The summed E-state index contributed by atoms with van der Waals surface area (Å²) in [6.45, 7) is 6.84. The third kappa shape index (κ3) is 10.8. The van der Waals surface area contributed by atoms with Gasteiger partial charge in [0.15, 0.2) is 0 Å². The molecule has 0 bridgehead atoms. The molecule has 0 saturated heterocycles. The molecule has 0 radical (unpaired) electrons. The fraction of sp³-hybridized carbons (Fsp3) is 0.636. The Kier molecular flexibility index (Phi) is 10.2. The van der Waals surface area contributed by atoms with E-state index in [1.807, 2.05) is 19.0 Å². The molecule has 4 heteroatoms. The van der Waals surface area contributed by atoms with E-state index in [1.165, 1.54) is 0 Å². The third-order valence-electron chi connectivity index (χ3n) is 1.86. The number of carbonyl (C=O) groups is 2. The molecule has 4 nitrogen and oxygen atoms in total. The minimum Gasteiger partial charge on any atom is -0.366 e. The van der Waals surface area contributed by atoms with Crippen molar-refractivity contribution in [3.05, 3.63) is 12.7 Å². The Hall–Kier alpha value is -1.16. The maximum Gasteiger partial charge on any atom is 0.240 e. The molecular formula is C11H22N2O2. The van der Waals surface area contributed by atoms with Gasteiger partial charge in [-0.3, -0.25) is 14.5 Å². The third-order valence-corrected chi connectivity index (χ3v) is 1.86. The highest BCUT2D eigenvalue weighted by Gasteiger charge is 2.14. The lowest BCUT2D eigenvalue weighted by molar-refractivity contribution is -0.121. The normalized spacial score (nSPS) is 11.3. The van der Waals surface area contributed by atoms with Gasteiger partial charge in [0.2, 0.25) is 5.91 Å². The van der Waals surface area contributed by atoms with Gasteiger partial charge >= 0.3 is 0 Å². The molecule has 0 aliphatic rings. The van der Waals surface area contributed by atoms with Crippen molar-refractivity contribution in [3.8, 4) is 0 Å². The first kappa shape index (κ1) is 16.3. The predicted molar refractivity (Wildman–Crippen MR) is 62.5 cm³/mol. The van der Waals surface area contributed by atoms with Gasteiger partial charge in [-0.2, -0.15) is 0 Å². The van der Waals surface area contributed by atoms with Crippen molar-refractivity contribution in [1.29, 1.82) is 0 Å². The molecular weight excluding hydrogens is 192 g/mol. The van der Waals surface area contributed by atoms with Gasteiger partial charge in [0.05, 0.1) is 6.04 Å². The molecule has 0 saturated carbocycles. The van der Waals surface area contributed by atoms with Crippen LogP contribution in [0.5, 0.6) is 0 Å². The molecule has 88 valence electrons. The molecule has 0 aliphatic carbocycles. The van der Waals surface area contributed by atoms with Crippen molar-refractivity contribution in [1.82, 2.24) is 4.90 Å². The molecule has 0 heterocycles. The van der Waals surface area contributed by atoms with Crippen molar-refractivity contribution in [2.45, 2.75) is 32.7 Å². The monoisotopic (exact) mass is 214 g/mol. The number of ketones is 1. The Morgan fingerprint density at radius 2 is 1.87 bits per heavy atom. The van der Waals surface area contributed by atoms with Crippen LogP contribution in [-0.2, 0) is 9.59 Å². The van der Waals surface area contributed by atoms with Gasteiger partial charge in [0.1, 0.15) is 5.78 Å². The van der Waals surface area contributed by atoms with Crippen LogP contribution in [0, 0.1) is 0 Å². The molecule has 1 unspecified atom stereocenters. The van der Waals surface area contributed by atoms with Crippen LogP contribution < -0.4 is 5.73 Å². The highest BCUT2D eigenvalue weighted by atomic mass is 16.1. The van der Waals surface area contributed by atoms with E-state index >= 15 is 0 Å². The molecule has 0 rings (SSSR count). The lowest BCUT2D eigenvalue weighted by atomic mass is 10.1. The Bertz CT molecular complexity index is 213. The topological polar surface area (TPSA) is 63.4 Å². The summed E-state index contributed by atoms with van der Waals surface area (Å²) in [6, 6.07) is 0.130. The maximum absolute atomic E-state index is 10.9. The molecule has 0 fully saturated rings. The van der Waals surface area contributed by atoms with E-state index < -0.39 is 5.91 Å². The van der Waals surface area contributed by atoms with Crippen molar-refractivity contribution in [2.75, 3.05) is 14.1 Å². The second-order valence-corrected chi connectivity index (χ2v) is 3.49. The lowest BCUT2D eigenvalue weighted by Crippen LogP contribution is -2.33. The van der Waals surface area contributed by atoms with E-state index in [-0.39, 0.29) is 11.8 Å². The van der Waals surface area contributed by atoms with E-state index in [0.29, 0.717) is 0 Å². The van der Waals surface area contributed by atoms with Crippen LogP contribution in [0.1, 0.15) is 26.7 Å². The molecule has 15 heavy (non-hydrogen) atoms. The zero-order chi connectivity index (χ0) is 12.4. The number of likely N-dealkylation sites (N-methyl/N-ethyl adjacent to an activating group) is 1. The fourth-order valence-electron chi connectivity index (χ4n) is 1.10. The molecule has 1 amide bonds. The smallest absolute Gasteiger partial charge is 0.240 e. The largest absolute Gasteiger partial charge is 0.366 e. The summed E-state index contributed by atoms with van der Waals surface area (Å²) in [5, 5.41) is 0. The van der Waals surface area contributed by atoms with E-state index in [2.05, 4.69) is 19.2 Å². The maximum atomic E-state index is 10.9. The number of amides is 1. The number of primary amides is 1. The summed E-state index contributed by atoms with van der Waals surface area (Å²) in [7, 11) is 3.89. The Morgan fingerprint density at radius 3 is 1.93 bits per heavy atom. The van der Waals surface area contributed by atoms with Gasteiger partial charge in [-0.15, -0.1) is 0 Å². The van der Waals surface area contributed by atoms with Gasteiger partial charge in [0, 0.05) is 0 Å². The molecule has 0 aliphatic heterocycles. The van der Waals surface area contributed by atoms with Gasteiger partial charge in [-0.05, 0) is 33.5 Å². The summed E-state index contributed by atoms with van der Waals surface area (Å²) < 4.78 is 0. The molecule has 0 aromatic carbocycles. The molecule has 2 N–H and O–H groups in total. The zero-order valence-electron chi connectivity index (χ0n) is 10.1. The van der Waals surface area contributed by atoms with Crippen molar-refractivity contribution >= 4 is 11.7 Å². The van der Waals surface area contributed by atoms with E-state index in [4.69, 9.17) is 0 Å². The first-order chi connectivity index (χ1) is 6.86. The van der Waals surface area contributed by atoms with Gasteiger partial charge in [0.25, 0.3) is 0 Å². The second-order valence-electron chi connectivity index (χ2n) is 3.49. The first-order valence-electron chi connectivity index (χ1n) is 4.95. The van der Waals surface area contributed by atoms with Crippen LogP contribution in [-0.4, -0.2) is 36.7 Å².